The third-order valence-electron chi connectivity index (χ3n) is 2.59. The van der Waals surface area contributed by atoms with E-state index in [2.05, 4.69) is 0 Å². The molecule has 0 radical (unpaired) electrons. The van der Waals surface area contributed by atoms with Crippen molar-refractivity contribution in [1.82, 2.24) is 4.90 Å². The van der Waals surface area contributed by atoms with E-state index in [9.17, 15) is 9.59 Å². The molecule has 5 nitrogen and oxygen atoms in total. The van der Waals surface area contributed by atoms with Gasteiger partial charge >= 0.3 is 5.97 Å². The molecule has 0 heterocycles. The Morgan fingerprint density at radius 3 is 2.67 bits per heavy atom. The van der Waals surface area contributed by atoms with E-state index < -0.39 is 12.0 Å². The first-order chi connectivity index (χ1) is 8.40. The summed E-state index contributed by atoms with van der Waals surface area (Å²) >= 11 is 0. The molecule has 0 aliphatic rings. The van der Waals surface area contributed by atoms with Crippen LogP contribution in [0.2, 0.25) is 0 Å². The number of hydrogen-bond acceptors (Lipinski definition) is 3. The summed E-state index contributed by atoms with van der Waals surface area (Å²) in [5.41, 5.74) is 7.64. The lowest BCUT2D eigenvalue weighted by Gasteiger charge is -2.20. The Hall–Kier alpha value is -1.88. The van der Waals surface area contributed by atoms with Crippen LogP contribution in [0.5, 0.6) is 0 Å². The molecule has 0 aliphatic carbocycles. The quantitative estimate of drug-likeness (QED) is 0.808. The highest BCUT2D eigenvalue weighted by atomic mass is 16.4. The lowest BCUT2D eigenvalue weighted by Crippen LogP contribution is -2.42. The summed E-state index contributed by atoms with van der Waals surface area (Å²) in [7, 11) is 1.62. The first-order valence-corrected chi connectivity index (χ1v) is 5.68. The Kier molecular flexibility index (Phi) is 4.85. The maximum atomic E-state index is 11.8. The van der Waals surface area contributed by atoms with Gasteiger partial charge < -0.3 is 15.7 Å². The number of aliphatic carboxylic acids is 1. The SMILES string of the molecule is Cc1cccc(CN(C)C(=O)C(N)CC(=O)O)c1. The van der Waals surface area contributed by atoms with Crippen LogP contribution in [0.15, 0.2) is 24.3 Å². The largest absolute Gasteiger partial charge is 0.481 e. The molecule has 18 heavy (non-hydrogen) atoms. The van der Waals surface area contributed by atoms with Crippen molar-refractivity contribution in [3.05, 3.63) is 35.4 Å². The average Bonchev–Trinajstić information content (AvgIpc) is 2.27. The number of carboxylic acid groups (broad SMARTS) is 1. The van der Waals surface area contributed by atoms with Gasteiger partial charge in [-0.25, -0.2) is 0 Å². The Balaban J connectivity index is 2.62. The summed E-state index contributed by atoms with van der Waals surface area (Å²) in [4.78, 5) is 23.7. The molecule has 0 spiro atoms. The minimum absolute atomic E-state index is 0.350. The van der Waals surface area contributed by atoms with E-state index in [1.807, 2.05) is 31.2 Å². The van der Waals surface area contributed by atoms with Crippen LogP contribution in [0.3, 0.4) is 0 Å². The van der Waals surface area contributed by atoms with Crippen LogP contribution in [0.25, 0.3) is 0 Å². The van der Waals surface area contributed by atoms with Crippen molar-refractivity contribution in [2.24, 2.45) is 5.73 Å². The summed E-state index contributed by atoms with van der Waals surface area (Å²) in [5, 5.41) is 8.59. The first kappa shape index (κ1) is 14.2. The van der Waals surface area contributed by atoms with Gasteiger partial charge in [0.1, 0.15) is 0 Å². The fourth-order valence-electron chi connectivity index (χ4n) is 1.72. The normalized spacial score (nSPS) is 11.9. The molecule has 1 aromatic carbocycles. The van der Waals surface area contributed by atoms with Gasteiger partial charge in [-0.15, -0.1) is 0 Å². The first-order valence-electron chi connectivity index (χ1n) is 5.68. The van der Waals surface area contributed by atoms with Crippen molar-refractivity contribution >= 4 is 11.9 Å². The number of carbonyl (C=O) groups is 2. The van der Waals surface area contributed by atoms with Gasteiger partial charge in [0.15, 0.2) is 0 Å². The van der Waals surface area contributed by atoms with E-state index in [0.717, 1.165) is 11.1 Å². The van der Waals surface area contributed by atoms with E-state index in [4.69, 9.17) is 10.8 Å². The van der Waals surface area contributed by atoms with E-state index in [-0.39, 0.29) is 12.3 Å². The van der Waals surface area contributed by atoms with E-state index in [1.54, 1.807) is 7.05 Å². The van der Waals surface area contributed by atoms with Crippen LogP contribution in [-0.2, 0) is 16.1 Å². The Morgan fingerprint density at radius 2 is 2.11 bits per heavy atom. The third kappa shape index (κ3) is 4.18. The summed E-state index contributed by atoms with van der Waals surface area (Å²) < 4.78 is 0. The molecule has 1 atom stereocenters. The van der Waals surface area contributed by atoms with Gasteiger partial charge in [-0.2, -0.15) is 0 Å². The fraction of sp³-hybridized carbons (Fsp3) is 0.385. The second-order valence-electron chi connectivity index (χ2n) is 4.39. The third-order valence-corrected chi connectivity index (χ3v) is 2.59. The molecular weight excluding hydrogens is 232 g/mol. The molecule has 0 saturated carbocycles. The number of likely N-dealkylation sites (N-methyl/N-ethyl adjacent to an activating group) is 1. The number of hydrogen-bond donors (Lipinski definition) is 2. The molecule has 0 saturated heterocycles. The molecule has 0 bridgehead atoms. The molecule has 5 heteroatoms. The van der Waals surface area contributed by atoms with E-state index in [1.165, 1.54) is 4.90 Å². The predicted molar refractivity (Wildman–Crippen MR) is 67.9 cm³/mol. The topological polar surface area (TPSA) is 83.6 Å². The van der Waals surface area contributed by atoms with Gasteiger partial charge in [-0.05, 0) is 12.5 Å². The van der Waals surface area contributed by atoms with Gasteiger partial charge in [0.25, 0.3) is 0 Å². The van der Waals surface area contributed by atoms with Crippen LogP contribution in [0, 0.1) is 6.92 Å². The van der Waals surface area contributed by atoms with Crippen molar-refractivity contribution < 1.29 is 14.7 Å². The molecule has 3 N–H and O–H groups in total. The van der Waals surface area contributed by atoms with Crippen LogP contribution < -0.4 is 5.73 Å². The second kappa shape index (κ2) is 6.16. The van der Waals surface area contributed by atoms with Crippen molar-refractivity contribution in [2.45, 2.75) is 25.9 Å². The van der Waals surface area contributed by atoms with Gasteiger partial charge in [-0.1, -0.05) is 29.8 Å². The van der Waals surface area contributed by atoms with Crippen LogP contribution >= 0.6 is 0 Å². The number of amides is 1. The fourth-order valence-corrected chi connectivity index (χ4v) is 1.72. The number of aryl methyl sites for hydroxylation is 1. The standard InChI is InChI=1S/C13H18N2O3/c1-9-4-3-5-10(6-9)8-15(2)13(18)11(14)7-12(16)17/h3-6,11H,7-8,14H2,1-2H3,(H,16,17). The lowest BCUT2D eigenvalue weighted by molar-refractivity contribution is -0.141. The van der Waals surface area contributed by atoms with Gasteiger partial charge in [-0.3, -0.25) is 9.59 Å². The minimum atomic E-state index is -1.07. The predicted octanol–water partition coefficient (Wildman–Crippen LogP) is 0.755. The van der Waals surface area contributed by atoms with Gasteiger partial charge in [0.2, 0.25) is 5.91 Å². The molecule has 1 amide bonds. The molecule has 1 rings (SSSR count). The highest BCUT2D eigenvalue weighted by molar-refractivity contribution is 5.85. The highest BCUT2D eigenvalue weighted by Gasteiger charge is 2.20. The number of nitrogens with zero attached hydrogens (tertiary/aromatic N) is 1. The highest BCUT2D eigenvalue weighted by Crippen LogP contribution is 2.07. The van der Waals surface area contributed by atoms with Crippen LogP contribution in [0.1, 0.15) is 17.5 Å². The molecular formula is C13H18N2O3. The van der Waals surface area contributed by atoms with Crippen molar-refractivity contribution in [3.8, 4) is 0 Å². The van der Waals surface area contributed by atoms with Crippen molar-refractivity contribution in [2.75, 3.05) is 7.05 Å². The van der Waals surface area contributed by atoms with Crippen molar-refractivity contribution in [1.29, 1.82) is 0 Å². The maximum Gasteiger partial charge on any atom is 0.305 e. The van der Waals surface area contributed by atoms with Gasteiger partial charge in [0.05, 0.1) is 12.5 Å². The molecule has 1 aromatic rings. The monoisotopic (exact) mass is 250 g/mol. The van der Waals surface area contributed by atoms with Gasteiger partial charge in [0, 0.05) is 13.6 Å². The average molecular weight is 250 g/mol. The molecule has 98 valence electrons. The second-order valence-corrected chi connectivity index (χ2v) is 4.39. The summed E-state index contributed by atoms with van der Waals surface area (Å²) in [6.45, 7) is 2.40. The number of rotatable bonds is 5. The minimum Gasteiger partial charge on any atom is -0.481 e. The summed E-state index contributed by atoms with van der Waals surface area (Å²) in [5.74, 6) is -1.43. The zero-order chi connectivity index (χ0) is 13.7. The zero-order valence-electron chi connectivity index (χ0n) is 10.6. The number of benzene rings is 1. The Morgan fingerprint density at radius 1 is 1.44 bits per heavy atom. The maximum absolute atomic E-state index is 11.8. The Bertz CT molecular complexity index is 446. The molecule has 0 aromatic heterocycles. The lowest BCUT2D eigenvalue weighted by atomic mass is 10.1. The summed E-state index contributed by atoms with van der Waals surface area (Å²) in [6.07, 6.45) is -0.350. The zero-order valence-corrected chi connectivity index (χ0v) is 10.6. The van der Waals surface area contributed by atoms with Crippen LogP contribution in [0.4, 0.5) is 0 Å². The van der Waals surface area contributed by atoms with Crippen LogP contribution in [-0.4, -0.2) is 35.0 Å². The molecule has 0 aliphatic heterocycles. The summed E-state index contributed by atoms with van der Waals surface area (Å²) in [6, 6.07) is 6.80. The van der Waals surface area contributed by atoms with E-state index in [0.29, 0.717) is 6.54 Å². The molecule has 1 unspecified atom stereocenters. The number of nitrogens with two attached hydrogens (primary N) is 1. The number of carboxylic acids is 1. The number of carbonyl (C=O) groups excluding carboxylic acids is 1. The molecule has 0 fully saturated rings. The Labute approximate surface area is 106 Å². The smallest absolute Gasteiger partial charge is 0.305 e. The van der Waals surface area contributed by atoms with E-state index >= 15 is 0 Å². The van der Waals surface area contributed by atoms with Crippen molar-refractivity contribution in [3.63, 3.8) is 0 Å².